The van der Waals surface area contributed by atoms with Gasteiger partial charge in [-0.2, -0.15) is 0 Å². The first-order valence-electron chi connectivity index (χ1n) is 12.9. The number of carboxylic acids is 1. The highest BCUT2D eigenvalue weighted by atomic mass is 19.1. The van der Waals surface area contributed by atoms with E-state index in [1.54, 1.807) is 0 Å². The van der Waals surface area contributed by atoms with Crippen molar-refractivity contribution in [3.8, 4) is 0 Å². The number of aliphatic carboxylic acids is 1. The lowest BCUT2D eigenvalue weighted by molar-refractivity contribution is -0.732. The number of hydrogen-bond donors (Lipinski definition) is 5. The summed E-state index contributed by atoms with van der Waals surface area (Å²) in [5.41, 5.74) is 0.171. The van der Waals surface area contributed by atoms with Gasteiger partial charge in [0.15, 0.2) is 6.04 Å². The van der Waals surface area contributed by atoms with Crippen molar-refractivity contribution >= 4 is 48.9 Å². The lowest BCUT2D eigenvalue weighted by Crippen LogP contribution is -2.61. The molecule has 0 aliphatic carbocycles. The first kappa shape index (κ1) is 28.8. The molecule has 3 aliphatic rings. The molecule has 0 unspecified atom stereocenters. The maximum atomic E-state index is 14.8. The molecule has 3 heterocycles. The quantitative estimate of drug-likeness (QED) is 0.132. The normalized spacial score (nSPS) is 17.9. The van der Waals surface area contributed by atoms with E-state index in [9.17, 15) is 38.0 Å². The van der Waals surface area contributed by atoms with Crippen molar-refractivity contribution in [3.05, 3.63) is 58.2 Å². The summed E-state index contributed by atoms with van der Waals surface area (Å²) in [7, 11) is -2.82. The number of carbonyl (C=O) groups is 4. The van der Waals surface area contributed by atoms with Crippen LogP contribution in [0.1, 0.15) is 45.2 Å². The van der Waals surface area contributed by atoms with Crippen LogP contribution in [0.2, 0.25) is 0 Å². The number of nitrogens with one attached hydrogen (secondary N) is 2. The summed E-state index contributed by atoms with van der Waals surface area (Å²) in [5.74, 6) is -4.83. The summed E-state index contributed by atoms with van der Waals surface area (Å²) >= 11 is 0. The number of nitrogens with zero attached hydrogens (tertiary/aromatic N) is 1. The smallest absolute Gasteiger partial charge is 0.481 e. The summed E-state index contributed by atoms with van der Waals surface area (Å²) in [4.78, 5) is 51.3. The summed E-state index contributed by atoms with van der Waals surface area (Å²) in [6, 6.07) is 2.23. The number of halogens is 2. The number of hydrogen-bond acceptors (Lipinski definition) is 8. The number of quaternary nitrogens is 1. The third kappa shape index (κ3) is 5.36. The van der Waals surface area contributed by atoms with Gasteiger partial charge in [0.1, 0.15) is 24.7 Å². The monoisotopic (exact) mass is 572 g/mol. The van der Waals surface area contributed by atoms with Gasteiger partial charge in [-0.3, -0.25) is 14.4 Å². The van der Waals surface area contributed by atoms with Crippen molar-refractivity contribution in [2.75, 3.05) is 19.6 Å². The van der Waals surface area contributed by atoms with Crippen LogP contribution in [0.5, 0.6) is 0 Å². The van der Waals surface area contributed by atoms with Crippen molar-refractivity contribution in [1.82, 2.24) is 10.6 Å². The molecule has 2 atom stereocenters. The molecule has 41 heavy (non-hydrogen) atoms. The number of rotatable bonds is 9. The fraction of sp³-hybridized carbons (Fsp3) is 0.360. The Kier molecular flexibility index (Phi) is 7.70. The molecule has 3 amide bonds. The van der Waals surface area contributed by atoms with E-state index in [-0.39, 0.29) is 72.4 Å². The van der Waals surface area contributed by atoms with Gasteiger partial charge in [0.2, 0.25) is 0 Å². The first-order chi connectivity index (χ1) is 19.4. The molecule has 16 heteroatoms. The highest BCUT2D eigenvalue weighted by Crippen LogP contribution is 2.33. The van der Waals surface area contributed by atoms with Crippen LogP contribution in [0.4, 0.5) is 8.78 Å². The Hall–Kier alpha value is -3.69. The van der Waals surface area contributed by atoms with Crippen LogP contribution in [0.3, 0.4) is 0 Å². The summed E-state index contributed by atoms with van der Waals surface area (Å²) in [6.45, 7) is 1.21. The molecule has 3 aliphatic heterocycles. The Balaban J connectivity index is 1.43. The number of carbonyl (C=O) groups excluding carboxylic acids is 3. The topological polar surface area (TPSA) is 171 Å². The average molecular weight is 572 g/mol. The third-order valence-corrected chi connectivity index (χ3v) is 7.65. The molecule has 0 aromatic heterocycles. The van der Waals surface area contributed by atoms with Crippen molar-refractivity contribution in [3.63, 3.8) is 0 Å². The van der Waals surface area contributed by atoms with Gasteiger partial charge in [0.05, 0.1) is 31.2 Å². The molecule has 5 rings (SSSR count). The SMILES string of the molecule is C[C@H](NC(=O)c1cc(F)c2c(c1)B(O)OC2)[C@@H](C(=O)NCCC(=O)O)[N+]1(C(=O)c2cc(F)c3c(c2)B(O)OC3)CC1. The molecule has 0 bridgehead atoms. The van der Waals surface area contributed by atoms with Gasteiger partial charge in [-0.15, -0.1) is 0 Å². The minimum atomic E-state index is -1.42. The van der Waals surface area contributed by atoms with Crippen LogP contribution in [0.15, 0.2) is 24.3 Å². The Bertz CT molecular complexity index is 1460. The van der Waals surface area contributed by atoms with Crippen LogP contribution >= 0.6 is 0 Å². The van der Waals surface area contributed by atoms with Crippen LogP contribution in [-0.2, 0) is 32.1 Å². The second kappa shape index (κ2) is 10.9. The van der Waals surface area contributed by atoms with E-state index < -0.39 is 66.1 Å². The second-order valence-corrected chi connectivity index (χ2v) is 10.3. The molecule has 1 saturated heterocycles. The second-order valence-electron chi connectivity index (χ2n) is 10.3. The van der Waals surface area contributed by atoms with Gasteiger partial charge in [0.25, 0.3) is 11.8 Å². The van der Waals surface area contributed by atoms with Crippen LogP contribution in [-0.4, -0.2) is 89.3 Å². The number of carboxylic acid groups (broad SMARTS) is 1. The molecule has 214 valence electrons. The van der Waals surface area contributed by atoms with Crippen LogP contribution in [0.25, 0.3) is 0 Å². The van der Waals surface area contributed by atoms with Gasteiger partial charge < -0.3 is 35.1 Å². The molecular weight excluding hydrogens is 546 g/mol. The van der Waals surface area contributed by atoms with Gasteiger partial charge in [-0.05, 0) is 42.1 Å². The van der Waals surface area contributed by atoms with E-state index in [4.69, 9.17) is 14.4 Å². The molecule has 0 saturated carbocycles. The molecule has 2 aromatic carbocycles. The predicted molar refractivity (Wildman–Crippen MR) is 138 cm³/mol. The number of fused-ring (bicyclic) bond motifs is 2. The molecule has 2 aromatic rings. The Morgan fingerprint density at radius 2 is 1.49 bits per heavy atom. The van der Waals surface area contributed by atoms with Crippen LogP contribution in [0, 0.1) is 11.6 Å². The van der Waals surface area contributed by atoms with Gasteiger partial charge in [-0.25, -0.2) is 18.1 Å². The third-order valence-electron chi connectivity index (χ3n) is 7.65. The molecule has 12 nitrogen and oxygen atoms in total. The van der Waals surface area contributed by atoms with E-state index in [1.165, 1.54) is 19.1 Å². The standard InChI is InChI=1S/C25H25B2F2N3O9/c1-12(31-23(35)13-6-17-15(19(28)8-13)10-40-26(17)38)22(24(36)30-3-2-21(33)34)32(4-5-32)25(37)14-7-18-16(20(29)9-14)11-41-27(18)39/h6-9,12,22,38-39H,2-5,10-11H2,1H3,(H2-,30,31,33,34,35,36)/p+1/t12-,22-/m0/s1. The van der Waals surface area contributed by atoms with E-state index in [1.807, 2.05) is 0 Å². The van der Waals surface area contributed by atoms with Gasteiger partial charge in [-0.1, -0.05) is 0 Å². The van der Waals surface area contributed by atoms with Gasteiger partial charge >= 0.3 is 26.1 Å². The van der Waals surface area contributed by atoms with E-state index in [0.717, 1.165) is 12.1 Å². The number of amides is 3. The van der Waals surface area contributed by atoms with Crippen molar-refractivity contribution in [2.45, 2.75) is 38.6 Å². The Morgan fingerprint density at radius 1 is 0.951 bits per heavy atom. The first-order valence-corrected chi connectivity index (χ1v) is 12.9. The van der Waals surface area contributed by atoms with E-state index >= 15 is 0 Å². The minimum absolute atomic E-state index is 0.0974. The predicted octanol–water partition coefficient (Wildman–Crippen LogP) is -1.85. The highest BCUT2D eigenvalue weighted by molar-refractivity contribution is 6.62. The highest BCUT2D eigenvalue weighted by Gasteiger charge is 2.61. The molecule has 5 N–H and O–H groups in total. The largest absolute Gasteiger partial charge is 0.491 e. The summed E-state index contributed by atoms with van der Waals surface area (Å²) in [6.07, 6.45) is -0.389. The fourth-order valence-corrected chi connectivity index (χ4v) is 5.44. The van der Waals surface area contributed by atoms with Gasteiger partial charge in [0, 0.05) is 23.2 Å². The zero-order chi connectivity index (χ0) is 29.6. The lowest BCUT2D eigenvalue weighted by atomic mass is 9.78. The Labute approximate surface area is 233 Å². The number of benzene rings is 2. The molecule has 1 fully saturated rings. The van der Waals surface area contributed by atoms with E-state index in [0.29, 0.717) is 0 Å². The van der Waals surface area contributed by atoms with Crippen LogP contribution < -0.4 is 21.6 Å². The minimum Gasteiger partial charge on any atom is -0.481 e. The Morgan fingerprint density at radius 3 is 2.02 bits per heavy atom. The fourth-order valence-electron chi connectivity index (χ4n) is 5.44. The average Bonchev–Trinajstić information content (AvgIpc) is 3.48. The molecule has 0 spiro atoms. The molecular formula is C25H26B2F2N3O9+. The zero-order valence-electron chi connectivity index (χ0n) is 21.9. The van der Waals surface area contributed by atoms with Crippen molar-refractivity contribution in [2.24, 2.45) is 0 Å². The maximum Gasteiger partial charge on any atom is 0.491 e. The van der Waals surface area contributed by atoms with Crippen molar-refractivity contribution in [1.29, 1.82) is 0 Å². The molecule has 0 radical (unpaired) electrons. The van der Waals surface area contributed by atoms with Crippen molar-refractivity contribution < 1.29 is 56.9 Å². The summed E-state index contributed by atoms with van der Waals surface area (Å²) in [5, 5.41) is 34.1. The summed E-state index contributed by atoms with van der Waals surface area (Å²) < 4.78 is 38.9. The maximum absolute atomic E-state index is 14.8. The lowest BCUT2D eigenvalue weighted by Gasteiger charge is -2.31. The van der Waals surface area contributed by atoms with E-state index in [2.05, 4.69) is 10.6 Å². The zero-order valence-corrected chi connectivity index (χ0v) is 21.9.